The minimum Gasteiger partial charge on any atom is -0.497 e. The fourth-order valence-electron chi connectivity index (χ4n) is 2.18. The van der Waals surface area contributed by atoms with Crippen LogP contribution in [-0.4, -0.2) is 42.2 Å². The lowest BCUT2D eigenvalue weighted by atomic mass is 10.3. The molecule has 0 fully saturated rings. The van der Waals surface area contributed by atoms with Gasteiger partial charge in [-0.1, -0.05) is 0 Å². The summed E-state index contributed by atoms with van der Waals surface area (Å²) >= 11 is 5.99. The third-order valence-corrected chi connectivity index (χ3v) is 3.38. The van der Waals surface area contributed by atoms with Gasteiger partial charge in [0.1, 0.15) is 11.6 Å². The second-order valence-electron chi connectivity index (χ2n) is 4.82. The Morgan fingerprint density at radius 1 is 1.37 bits per heavy atom. The van der Waals surface area contributed by atoms with E-state index < -0.39 is 0 Å². The van der Waals surface area contributed by atoms with Gasteiger partial charge in [0.2, 0.25) is 0 Å². The first kappa shape index (κ1) is 14.2. The van der Waals surface area contributed by atoms with Crippen LogP contribution in [0.3, 0.4) is 0 Å². The zero-order valence-corrected chi connectivity index (χ0v) is 12.4. The molecule has 104 valence electrons. The molecule has 0 aliphatic carbocycles. The molecule has 1 aromatic heterocycles. The predicted octanol–water partition coefficient (Wildman–Crippen LogP) is 2.74. The van der Waals surface area contributed by atoms with E-state index in [2.05, 4.69) is 28.5 Å². The molecule has 2 rings (SSSR count). The molecule has 0 unspecified atom stereocenters. The Kier molecular flexibility index (Phi) is 4.66. The minimum atomic E-state index is 0.430. The van der Waals surface area contributed by atoms with Crippen LogP contribution in [0.25, 0.3) is 11.0 Å². The maximum atomic E-state index is 5.99. The van der Waals surface area contributed by atoms with E-state index in [9.17, 15) is 0 Å². The topological polar surface area (TPSA) is 30.3 Å². The van der Waals surface area contributed by atoms with Crippen molar-refractivity contribution in [3.05, 3.63) is 24.0 Å². The number of hydrogen-bond donors (Lipinski definition) is 0. The molecular weight excluding hydrogens is 262 g/mol. The molecule has 0 radical (unpaired) electrons. The van der Waals surface area contributed by atoms with Crippen LogP contribution in [0.15, 0.2) is 18.2 Å². The van der Waals surface area contributed by atoms with E-state index in [4.69, 9.17) is 16.3 Å². The van der Waals surface area contributed by atoms with Gasteiger partial charge in [-0.25, -0.2) is 4.98 Å². The molecule has 2 aromatic rings. The number of methoxy groups -OCH3 is 1. The van der Waals surface area contributed by atoms with Crippen LogP contribution in [0.4, 0.5) is 0 Å². The third-order valence-electron chi connectivity index (χ3n) is 3.14. The molecule has 0 aliphatic rings. The monoisotopic (exact) mass is 281 g/mol. The smallest absolute Gasteiger partial charge is 0.124 e. The first-order valence-electron chi connectivity index (χ1n) is 6.39. The fraction of sp³-hybridized carbons (Fsp3) is 0.500. The van der Waals surface area contributed by atoms with E-state index in [1.54, 1.807) is 7.11 Å². The van der Waals surface area contributed by atoms with Gasteiger partial charge in [0, 0.05) is 12.6 Å². The molecular formula is C14H20ClN3O. The summed E-state index contributed by atoms with van der Waals surface area (Å²) < 4.78 is 7.43. The van der Waals surface area contributed by atoms with Crippen molar-refractivity contribution in [1.29, 1.82) is 0 Å². The average molecular weight is 282 g/mol. The van der Waals surface area contributed by atoms with Gasteiger partial charge in [-0.05, 0) is 39.2 Å². The van der Waals surface area contributed by atoms with Crippen LogP contribution in [0.5, 0.6) is 5.75 Å². The highest BCUT2D eigenvalue weighted by atomic mass is 35.5. The summed E-state index contributed by atoms with van der Waals surface area (Å²) in [5.74, 6) is 2.18. The van der Waals surface area contributed by atoms with Crippen molar-refractivity contribution in [2.45, 2.75) is 18.8 Å². The lowest BCUT2D eigenvalue weighted by Gasteiger charge is -2.11. The van der Waals surface area contributed by atoms with Gasteiger partial charge >= 0.3 is 0 Å². The molecule has 19 heavy (non-hydrogen) atoms. The molecule has 1 aromatic carbocycles. The number of benzene rings is 1. The number of fused-ring (bicyclic) bond motifs is 1. The number of ether oxygens (including phenoxy) is 1. The maximum absolute atomic E-state index is 5.99. The van der Waals surface area contributed by atoms with Crippen molar-refractivity contribution in [2.24, 2.45) is 0 Å². The lowest BCUT2D eigenvalue weighted by Crippen LogP contribution is -2.15. The number of nitrogens with zero attached hydrogens (tertiary/aromatic N) is 3. The van der Waals surface area contributed by atoms with E-state index in [0.29, 0.717) is 5.88 Å². The summed E-state index contributed by atoms with van der Waals surface area (Å²) in [6.45, 7) is 1.99. The molecule has 0 N–H and O–H groups in total. The van der Waals surface area contributed by atoms with Crippen molar-refractivity contribution < 1.29 is 4.74 Å². The second kappa shape index (κ2) is 6.26. The normalized spacial score (nSPS) is 11.4. The zero-order chi connectivity index (χ0) is 13.8. The van der Waals surface area contributed by atoms with Crippen LogP contribution in [0.2, 0.25) is 0 Å². The van der Waals surface area contributed by atoms with E-state index >= 15 is 0 Å². The number of imidazole rings is 1. The van der Waals surface area contributed by atoms with Crippen molar-refractivity contribution >= 4 is 22.6 Å². The highest BCUT2D eigenvalue weighted by molar-refractivity contribution is 6.16. The van der Waals surface area contributed by atoms with Crippen molar-refractivity contribution in [3.8, 4) is 5.75 Å². The number of aromatic nitrogens is 2. The molecule has 5 heteroatoms. The van der Waals surface area contributed by atoms with Gasteiger partial charge in [-0.15, -0.1) is 11.6 Å². The molecule has 4 nitrogen and oxygen atoms in total. The van der Waals surface area contributed by atoms with E-state index in [1.165, 1.54) is 0 Å². The number of halogens is 1. The molecule has 0 saturated heterocycles. The first-order chi connectivity index (χ1) is 9.15. The van der Waals surface area contributed by atoms with E-state index in [0.717, 1.165) is 42.1 Å². The molecule has 0 bridgehead atoms. The zero-order valence-electron chi connectivity index (χ0n) is 11.7. The molecule has 0 amide bonds. The van der Waals surface area contributed by atoms with Crippen molar-refractivity contribution in [1.82, 2.24) is 14.5 Å². The minimum absolute atomic E-state index is 0.430. The van der Waals surface area contributed by atoms with Crippen LogP contribution in [0, 0.1) is 0 Å². The molecule has 0 atom stereocenters. The van der Waals surface area contributed by atoms with Crippen LogP contribution in [0.1, 0.15) is 12.2 Å². The van der Waals surface area contributed by atoms with Gasteiger partial charge in [0.05, 0.1) is 24.0 Å². The average Bonchev–Trinajstić information content (AvgIpc) is 2.75. The third kappa shape index (κ3) is 3.19. The lowest BCUT2D eigenvalue weighted by molar-refractivity contribution is 0.386. The predicted molar refractivity (Wildman–Crippen MR) is 79.0 cm³/mol. The highest BCUT2D eigenvalue weighted by Gasteiger charge is 2.10. The van der Waals surface area contributed by atoms with Crippen LogP contribution < -0.4 is 4.74 Å². The number of hydrogen-bond acceptors (Lipinski definition) is 3. The Labute approximate surface area is 118 Å². The van der Waals surface area contributed by atoms with E-state index in [-0.39, 0.29) is 0 Å². The first-order valence-corrected chi connectivity index (χ1v) is 6.93. The van der Waals surface area contributed by atoms with Gasteiger partial charge in [-0.3, -0.25) is 0 Å². The SMILES string of the molecule is COc1ccc2c(c1)nc(CCl)n2CCCN(C)C. The van der Waals surface area contributed by atoms with Gasteiger partial charge in [-0.2, -0.15) is 0 Å². The second-order valence-corrected chi connectivity index (χ2v) is 5.09. The Balaban J connectivity index is 2.29. The largest absolute Gasteiger partial charge is 0.497 e. The summed E-state index contributed by atoms with van der Waals surface area (Å²) in [4.78, 5) is 6.76. The molecule has 0 saturated carbocycles. The fourth-order valence-corrected chi connectivity index (χ4v) is 2.39. The van der Waals surface area contributed by atoms with Gasteiger partial charge < -0.3 is 14.2 Å². The summed E-state index contributed by atoms with van der Waals surface area (Å²) in [6, 6.07) is 5.96. The molecule has 0 spiro atoms. The standard InChI is InChI=1S/C14H20ClN3O/c1-17(2)7-4-8-18-13-6-5-11(19-3)9-12(13)16-14(18)10-15/h5-6,9H,4,7-8,10H2,1-3H3. The van der Waals surface area contributed by atoms with Crippen molar-refractivity contribution in [3.63, 3.8) is 0 Å². The summed E-state index contributed by atoms with van der Waals surface area (Å²) in [5.41, 5.74) is 2.06. The summed E-state index contributed by atoms with van der Waals surface area (Å²) in [7, 11) is 5.83. The Morgan fingerprint density at radius 3 is 2.79 bits per heavy atom. The summed E-state index contributed by atoms with van der Waals surface area (Å²) in [5, 5.41) is 0. The number of alkyl halides is 1. The van der Waals surface area contributed by atoms with Gasteiger partial charge in [0.25, 0.3) is 0 Å². The molecule has 1 heterocycles. The maximum Gasteiger partial charge on any atom is 0.124 e. The Morgan fingerprint density at radius 2 is 2.16 bits per heavy atom. The quantitative estimate of drug-likeness (QED) is 0.763. The Hall–Kier alpha value is -1.26. The Bertz CT molecular complexity index is 551. The highest BCUT2D eigenvalue weighted by Crippen LogP contribution is 2.22. The van der Waals surface area contributed by atoms with Crippen LogP contribution >= 0.6 is 11.6 Å². The number of rotatable bonds is 6. The summed E-state index contributed by atoms with van der Waals surface area (Å²) in [6.07, 6.45) is 1.08. The van der Waals surface area contributed by atoms with E-state index in [1.807, 2.05) is 18.2 Å². The van der Waals surface area contributed by atoms with Gasteiger partial charge in [0.15, 0.2) is 0 Å². The molecule has 0 aliphatic heterocycles. The van der Waals surface area contributed by atoms with Crippen LogP contribution in [-0.2, 0) is 12.4 Å². The van der Waals surface area contributed by atoms with Crippen molar-refractivity contribution in [2.75, 3.05) is 27.7 Å². The number of aryl methyl sites for hydroxylation is 1.